The largest absolute Gasteiger partial charge is 0.338 e. The zero-order chi connectivity index (χ0) is 20.2. The van der Waals surface area contributed by atoms with E-state index in [4.69, 9.17) is 0 Å². The van der Waals surface area contributed by atoms with Crippen LogP contribution in [0.15, 0.2) is 59.9 Å². The zero-order valence-corrected chi connectivity index (χ0v) is 16.3. The van der Waals surface area contributed by atoms with E-state index in [9.17, 15) is 9.59 Å². The molecule has 1 amide bonds. The fourth-order valence-electron chi connectivity index (χ4n) is 3.46. The van der Waals surface area contributed by atoms with E-state index in [2.05, 4.69) is 26.1 Å². The van der Waals surface area contributed by atoms with Crippen LogP contribution < -0.4 is 5.56 Å². The summed E-state index contributed by atoms with van der Waals surface area (Å²) in [6, 6.07) is 8.09. The molecule has 0 spiro atoms. The Balaban J connectivity index is 1.41. The molecule has 3 aromatic rings. The monoisotopic (exact) mass is 393 g/mol. The number of piperazine rings is 1. The van der Waals surface area contributed by atoms with E-state index in [1.54, 1.807) is 47.2 Å². The molecule has 9 heteroatoms. The Bertz CT molecular complexity index is 1010. The molecule has 1 fully saturated rings. The van der Waals surface area contributed by atoms with Gasteiger partial charge in [0.15, 0.2) is 5.82 Å². The van der Waals surface area contributed by atoms with Crippen molar-refractivity contribution < 1.29 is 4.79 Å². The number of nitrogens with zero attached hydrogens (tertiary/aromatic N) is 7. The molecule has 0 radical (unpaired) electrons. The van der Waals surface area contributed by atoms with Crippen molar-refractivity contribution in [3.05, 3.63) is 71.0 Å². The highest BCUT2D eigenvalue weighted by Gasteiger charge is 2.27. The molecule has 0 saturated carbocycles. The molecule has 29 heavy (non-hydrogen) atoms. The third kappa shape index (κ3) is 4.24. The first-order valence-corrected chi connectivity index (χ1v) is 9.62. The van der Waals surface area contributed by atoms with Gasteiger partial charge in [0, 0.05) is 63.6 Å². The Morgan fingerprint density at radius 1 is 1.10 bits per heavy atom. The van der Waals surface area contributed by atoms with Crippen LogP contribution in [0.1, 0.15) is 18.5 Å². The van der Waals surface area contributed by atoms with Crippen molar-refractivity contribution in [2.45, 2.75) is 19.5 Å². The topological polar surface area (TPSA) is 89.2 Å². The van der Waals surface area contributed by atoms with E-state index in [1.807, 2.05) is 12.3 Å². The van der Waals surface area contributed by atoms with Crippen LogP contribution >= 0.6 is 0 Å². The van der Waals surface area contributed by atoms with Crippen molar-refractivity contribution in [2.75, 3.05) is 26.2 Å². The minimum Gasteiger partial charge on any atom is -0.338 e. The van der Waals surface area contributed by atoms with Crippen molar-refractivity contribution in [1.29, 1.82) is 0 Å². The Kier molecular flexibility index (Phi) is 5.48. The van der Waals surface area contributed by atoms with E-state index in [0.29, 0.717) is 18.9 Å². The summed E-state index contributed by atoms with van der Waals surface area (Å²) in [5, 5.41) is 8.47. The third-order valence-electron chi connectivity index (χ3n) is 5.09. The maximum Gasteiger partial charge on any atom is 0.267 e. The highest BCUT2D eigenvalue weighted by Crippen LogP contribution is 2.13. The number of carbonyl (C=O) groups is 1. The Morgan fingerprint density at radius 3 is 2.62 bits per heavy atom. The van der Waals surface area contributed by atoms with Gasteiger partial charge < -0.3 is 4.90 Å². The van der Waals surface area contributed by atoms with Crippen molar-refractivity contribution in [3.8, 4) is 5.82 Å². The second-order valence-electron chi connectivity index (χ2n) is 7.06. The van der Waals surface area contributed by atoms with Gasteiger partial charge >= 0.3 is 0 Å². The fraction of sp³-hybridized carbons (Fsp3) is 0.350. The lowest BCUT2D eigenvalue weighted by Gasteiger charge is -2.36. The van der Waals surface area contributed by atoms with Crippen LogP contribution in [0, 0.1) is 0 Å². The lowest BCUT2D eigenvalue weighted by atomic mass is 10.2. The summed E-state index contributed by atoms with van der Waals surface area (Å²) in [4.78, 5) is 33.6. The Morgan fingerprint density at radius 2 is 1.93 bits per heavy atom. The molecule has 150 valence electrons. The highest BCUT2D eigenvalue weighted by atomic mass is 16.2. The average molecular weight is 393 g/mol. The minimum atomic E-state index is -0.678. The second-order valence-corrected chi connectivity index (χ2v) is 7.06. The summed E-state index contributed by atoms with van der Waals surface area (Å²) in [6.07, 6.45) is 7.00. The van der Waals surface area contributed by atoms with E-state index in [1.165, 1.54) is 10.7 Å². The number of pyridine rings is 1. The second kappa shape index (κ2) is 8.36. The molecule has 1 atom stereocenters. The molecule has 0 aromatic carbocycles. The molecular weight excluding hydrogens is 370 g/mol. The maximum atomic E-state index is 13.0. The van der Waals surface area contributed by atoms with E-state index in [-0.39, 0.29) is 11.5 Å². The standard InChI is InChI=1S/C20H23N7O2/c1-16(27-19(28)6-5-18(23-27)26-9-3-8-22-26)20(29)25-12-10-24(11-13-25)15-17-4-2-7-21-14-17/h2-9,14,16H,10-13,15H2,1H3. The molecule has 1 aliphatic heterocycles. The molecular formula is C20H23N7O2. The van der Waals surface area contributed by atoms with Crippen LogP contribution in [-0.2, 0) is 11.3 Å². The maximum absolute atomic E-state index is 13.0. The quantitative estimate of drug-likeness (QED) is 0.635. The van der Waals surface area contributed by atoms with Gasteiger partial charge in [0.05, 0.1) is 0 Å². The smallest absolute Gasteiger partial charge is 0.267 e. The predicted octanol–water partition coefficient (Wildman–Crippen LogP) is 0.729. The van der Waals surface area contributed by atoms with Crippen LogP contribution in [0.25, 0.3) is 5.82 Å². The molecule has 1 aliphatic rings. The van der Waals surface area contributed by atoms with Gasteiger partial charge in [0.2, 0.25) is 5.91 Å². The predicted molar refractivity (Wildman–Crippen MR) is 106 cm³/mol. The highest BCUT2D eigenvalue weighted by molar-refractivity contribution is 5.80. The number of carbonyl (C=O) groups excluding carboxylic acids is 1. The summed E-state index contributed by atoms with van der Waals surface area (Å²) in [5.74, 6) is 0.397. The fourth-order valence-corrected chi connectivity index (χ4v) is 3.46. The third-order valence-corrected chi connectivity index (χ3v) is 5.09. The number of aromatic nitrogens is 5. The molecule has 3 aromatic heterocycles. The van der Waals surface area contributed by atoms with Gasteiger partial charge in [-0.3, -0.25) is 19.5 Å². The number of rotatable bonds is 5. The van der Waals surface area contributed by atoms with Crippen molar-refractivity contribution >= 4 is 5.91 Å². The summed E-state index contributed by atoms with van der Waals surface area (Å²) < 4.78 is 2.80. The molecule has 9 nitrogen and oxygen atoms in total. The Labute approximate surface area is 168 Å². The number of hydrogen-bond donors (Lipinski definition) is 0. The average Bonchev–Trinajstić information content (AvgIpc) is 3.29. The van der Waals surface area contributed by atoms with E-state index in [0.717, 1.165) is 25.2 Å². The van der Waals surface area contributed by atoms with Gasteiger partial charge in [-0.15, -0.1) is 5.10 Å². The normalized spacial score (nSPS) is 16.0. The first kappa shape index (κ1) is 19.0. The van der Waals surface area contributed by atoms with Gasteiger partial charge in [-0.1, -0.05) is 6.07 Å². The first-order chi connectivity index (χ1) is 14.1. The number of amides is 1. The molecule has 0 aliphatic carbocycles. The van der Waals surface area contributed by atoms with Crippen LogP contribution in [-0.4, -0.2) is 66.4 Å². The van der Waals surface area contributed by atoms with Crippen LogP contribution in [0.5, 0.6) is 0 Å². The lowest BCUT2D eigenvalue weighted by molar-refractivity contribution is -0.136. The summed E-state index contributed by atoms with van der Waals surface area (Å²) in [5.41, 5.74) is 0.851. The first-order valence-electron chi connectivity index (χ1n) is 9.62. The lowest BCUT2D eigenvalue weighted by Crippen LogP contribution is -2.50. The van der Waals surface area contributed by atoms with Gasteiger partial charge in [-0.25, -0.2) is 9.36 Å². The minimum absolute atomic E-state index is 0.0988. The van der Waals surface area contributed by atoms with E-state index >= 15 is 0 Å². The summed E-state index contributed by atoms with van der Waals surface area (Å²) in [7, 11) is 0. The molecule has 1 saturated heterocycles. The van der Waals surface area contributed by atoms with Crippen LogP contribution in [0.4, 0.5) is 0 Å². The van der Waals surface area contributed by atoms with Crippen molar-refractivity contribution in [1.82, 2.24) is 34.3 Å². The van der Waals surface area contributed by atoms with Gasteiger partial charge in [0.25, 0.3) is 5.56 Å². The van der Waals surface area contributed by atoms with Crippen LogP contribution in [0.2, 0.25) is 0 Å². The number of hydrogen-bond acceptors (Lipinski definition) is 6. The molecule has 0 N–H and O–H groups in total. The van der Waals surface area contributed by atoms with Crippen molar-refractivity contribution in [3.63, 3.8) is 0 Å². The van der Waals surface area contributed by atoms with Gasteiger partial charge in [-0.05, 0) is 30.7 Å². The SMILES string of the molecule is CC(C(=O)N1CCN(Cc2cccnc2)CC1)n1nc(-n2cccn2)ccc1=O. The van der Waals surface area contributed by atoms with Crippen molar-refractivity contribution in [2.24, 2.45) is 0 Å². The van der Waals surface area contributed by atoms with Crippen LogP contribution in [0.3, 0.4) is 0 Å². The Hall–Kier alpha value is -3.33. The molecule has 4 rings (SSSR count). The molecule has 4 heterocycles. The molecule has 1 unspecified atom stereocenters. The van der Waals surface area contributed by atoms with E-state index < -0.39 is 6.04 Å². The van der Waals surface area contributed by atoms with Gasteiger partial charge in [-0.2, -0.15) is 5.10 Å². The summed E-state index contributed by atoms with van der Waals surface area (Å²) in [6.45, 7) is 5.34. The molecule has 0 bridgehead atoms. The zero-order valence-electron chi connectivity index (χ0n) is 16.3. The van der Waals surface area contributed by atoms with Gasteiger partial charge in [0.1, 0.15) is 6.04 Å². The summed E-state index contributed by atoms with van der Waals surface area (Å²) >= 11 is 0.